The molecule has 26 heavy (non-hydrogen) atoms. The molecular weight excluding hydrogens is 332 g/mol. The zero-order valence-electron chi connectivity index (χ0n) is 14.8. The summed E-state index contributed by atoms with van der Waals surface area (Å²) in [6.45, 7) is 3.89. The van der Waals surface area contributed by atoms with Crippen LogP contribution in [0.1, 0.15) is 17.5 Å². The number of ether oxygens (including phenoxy) is 1. The first-order valence-electron chi connectivity index (χ1n) is 8.54. The summed E-state index contributed by atoms with van der Waals surface area (Å²) in [6, 6.07) is 13.6. The van der Waals surface area contributed by atoms with Gasteiger partial charge in [-0.15, -0.1) is 0 Å². The number of carbonyl (C=O) groups is 2. The van der Waals surface area contributed by atoms with Crippen molar-refractivity contribution in [1.29, 1.82) is 0 Å². The number of nitrogens with one attached hydrogen (secondary N) is 1. The van der Waals surface area contributed by atoms with E-state index in [-0.39, 0.29) is 18.9 Å². The van der Waals surface area contributed by atoms with Gasteiger partial charge in [-0.3, -0.25) is 9.69 Å². The smallest absolute Gasteiger partial charge is 0.410 e. The molecule has 1 fully saturated rings. The highest BCUT2D eigenvalue weighted by atomic mass is 16.6. The Labute approximate surface area is 152 Å². The molecule has 3 rings (SSSR count). The van der Waals surface area contributed by atoms with E-state index in [2.05, 4.69) is 5.32 Å². The second kappa shape index (κ2) is 7.58. The fourth-order valence-corrected chi connectivity index (χ4v) is 3.13. The summed E-state index contributed by atoms with van der Waals surface area (Å²) in [5, 5.41) is 12.9. The third kappa shape index (κ3) is 3.86. The molecule has 2 N–H and O–H groups in total. The maximum absolute atomic E-state index is 12.8. The molecule has 2 amide bonds. The largest absolute Gasteiger partial charge is 0.416 e. The van der Waals surface area contributed by atoms with Crippen molar-refractivity contribution in [1.82, 2.24) is 4.90 Å². The number of carbonyl (C=O) groups excluding carboxylic acids is 2. The van der Waals surface area contributed by atoms with Crippen molar-refractivity contribution in [3.63, 3.8) is 0 Å². The second-order valence-electron chi connectivity index (χ2n) is 6.49. The van der Waals surface area contributed by atoms with Gasteiger partial charge in [-0.2, -0.15) is 0 Å². The first-order valence-corrected chi connectivity index (χ1v) is 8.54. The summed E-state index contributed by atoms with van der Waals surface area (Å²) in [5.41, 5.74) is 2.61. The van der Waals surface area contributed by atoms with Gasteiger partial charge >= 0.3 is 6.09 Å². The summed E-state index contributed by atoms with van der Waals surface area (Å²) in [5.74, 6) is 0.0664. The Kier molecular flexibility index (Phi) is 5.23. The summed E-state index contributed by atoms with van der Waals surface area (Å²) in [6.07, 6.45) is -1.22. The van der Waals surface area contributed by atoms with E-state index in [4.69, 9.17) is 4.74 Å². The number of aryl methyl sites for hydroxylation is 2. The summed E-state index contributed by atoms with van der Waals surface area (Å²) >= 11 is 0. The molecule has 0 aromatic heterocycles. The number of amides is 2. The van der Waals surface area contributed by atoms with E-state index < -0.39 is 18.2 Å². The fourth-order valence-electron chi connectivity index (χ4n) is 3.13. The van der Waals surface area contributed by atoms with Gasteiger partial charge in [0.1, 0.15) is 11.8 Å². The summed E-state index contributed by atoms with van der Waals surface area (Å²) in [7, 11) is 0. The summed E-state index contributed by atoms with van der Waals surface area (Å²) in [4.78, 5) is 26.5. The maximum Gasteiger partial charge on any atom is 0.416 e. The molecule has 1 aliphatic rings. The predicted molar refractivity (Wildman–Crippen MR) is 98.1 cm³/mol. The monoisotopic (exact) mass is 354 g/mol. The number of aliphatic hydroxyl groups is 1. The molecule has 2 aromatic carbocycles. The first-order chi connectivity index (χ1) is 12.5. The highest BCUT2D eigenvalue weighted by molar-refractivity contribution is 5.98. The minimum atomic E-state index is -0.778. The molecule has 1 saturated heterocycles. The van der Waals surface area contributed by atoms with Crippen molar-refractivity contribution in [2.75, 3.05) is 11.9 Å². The van der Waals surface area contributed by atoms with Crippen LogP contribution >= 0.6 is 0 Å². The van der Waals surface area contributed by atoms with Gasteiger partial charge in [0, 0.05) is 12.1 Å². The number of nitrogens with zero attached hydrogens (tertiary/aromatic N) is 1. The average molecular weight is 354 g/mol. The maximum atomic E-state index is 12.8. The van der Waals surface area contributed by atoms with Crippen LogP contribution in [0.4, 0.5) is 10.5 Å². The van der Waals surface area contributed by atoms with Gasteiger partial charge in [0.15, 0.2) is 0 Å². The van der Waals surface area contributed by atoms with Crippen molar-refractivity contribution in [2.24, 2.45) is 0 Å². The second-order valence-corrected chi connectivity index (χ2v) is 6.49. The van der Waals surface area contributed by atoms with Crippen LogP contribution in [0, 0.1) is 13.8 Å². The Hall–Kier alpha value is -2.86. The van der Waals surface area contributed by atoms with Crippen molar-refractivity contribution in [3.8, 4) is 5.75 Å². The fraction of sp³-hybridized carbons (Fsp3) is 0.300. The topological polar surface area (TPSA) is 78.9 Å². The third-order valence-corrected chi connectivity index (χ3v) is 4.49. The number of hydrogen-bond acceptors (Lipinski definition) is 4. The zero-order chi connectivity index (χ0) is 18.7. The number of rotatable bonds is 3. The van der Waals surface area contributed by atoms with Crippen LogP contribution in [0.15, 0.2) is 48.5 Å². The molecule has 2 aromatic rings. The molecule has 2 atom stereocenters. The van der Waals surface area contributed by atoms with Gasteiger partial charge in [-0.25, -0.2) is 4.79 Å². The van der Waals surface area contributed by atoms with Crippen LogP contribution in [-0.2, 0) is 4.79 Å². The molecular formula is C20H22N2O4. The van der Waals surface area contributed by atoms with E-state index in [1.807, 2.05) is 38.1 Å². The standard InChI is InChI=1S/C20H22N2O4/c1-13-7-6-8-14(2)18(13)21-19(24)17-11-15(23)12-22(17)20(25)26-16-9-4-3-5-10-16/h3-10,15,17,23H,11-12H2,1-2H3,(H,21,24)/t15-,17-/m0/s1. The molecule has 0 saturated carbocycles. The van der Waals surface area contributed by atoms with E-state index in [9.17, 15) is 14.7 Å². The van der Waals surface area contributed by atoms with Gasteiger partial charge < -0.3 is 15.2 Å². The Morgan fingerprint density at radius 3 is 2.38 bits per heavy atom. The van der Waals surface area contributed by atoms with Crippen molar-refractivity contribution in [2.45, 2.75) is 32.4 Å². The Morgan fingerprint density at radius 2 is 1.73 bits per heavy atom. The van der Waals surface area contributed by atoms with Crippen molar-refractivity contribution >= 4 is 17.7 Å². The lowest BCUT2D eigenvalue weighted by Crippen LogP contribution is -2.44. The zero-order valence-corrected chi connectivity index (χ0v) is 14.8. The predicted octanol–water partition coefficient (Wildman–Crippen LogP) is 2.88. The molecule has 0 bridgehead atoms. The molecule has 1 aliphatic heterocycles. The normalized spacial score (nSPS) is 19.3. The Morgan fingerprint density at radius 1 is 1.08 bits per heavy atom. The third-order valence-electron chi connectivity index (χ3n) is 4.49. The van der Waals surface area contributed by atoms with Crippen LogP contribution < -0.4 is 10.1 Å². The van der Waals surface area contributed by atoms with Crippen LogP contribution in [0.3, 0.4) is 0 Å². The van der Waals surface area contributed by atoms with E-state index in [0.717, 1.165) is 16.8 Å². The number of likely N-dealkylation sites (tertiary alicyclic amines) is 1. The van der Waals surface area contributed by atoms with Crippen molar-refractivity contribution < 1.29 is 19.4 Å². The number of anilines is 1. The Bertz CT molecular complexity index is 786. The van der Waals surface area contributed by atoms with Gasteiger partial charge in [0.2, 0.25) is 5.91 Å². The molecule has 0 radical (unpaired) electrons. The van der Waals surface area contributed by atoms with Crippen LogP contribution in [0.25, 0.3) is 0 Å². The number of aliphatic hydroxyl groups excluding tert-OH is 1. The van der Waals surface area contributed by atoms with Gasteiger partial charge in [0.05, 0.1) is 12.6 Å². The lowest BCUT2D eigenvalue weighted by Gasteiger charge is -2.23. The number of β-amino-alcohol motifs (C(OH)–C–C–N with tert-alkyl or cyclic N) is 1. The van der Waals surface area contributed by atoms with Gasteiger partial charge in [-0.05, 0) is 37.1 Å². The van der Waals surface area contributed by atoms with Crippen LogP contribution in [0.5, 0.6) is 5.75 Å². The molecule has 0 aliphatic carbocycles. The van der Waals surface area contributed by atoms with Gasteiger partial charge in [-0.1, -0.05) is 36.4 Å². The minimum absolute atomic E-state index is 0.0660. The van der Waals surface area contributed by atoms with E-state index in [1.165, 1.54) is 4.90 Å². The summed E-state index contributed by atoms with van der Waals surface area (Å²) < 4.78 is 5.32. The van der Waals surface area contributed by atoms with Crippen molar-refractivity contribution in [3.05, 3.63) is 59.7 Å². The molecule has 0 spiro atoms. The van der Waals surface area contributed by atoms with Crippen LogP contribution in [-0.4, -0.2) is 40.7 Å². The Balaban J connectivity index is 1.74. The SMILES string of the molecule is Cc1cccc(C)c1NC(=O)[C@@H]1C[C@H](O)CN1C(=O)Oc1ccccc1. The number of hydrogen-bond donors (Lipinski definition) is 2. The molecule has 6 heteroatoms. The van der Waals surface area contributed by atoms with Crippen LogP contribution in [0.2, 0.25) is 0 Å². The van der Waals surface area contributed by atoms with E-state index >= 15 is 0 Å². The molecule has 1 heterocycles. The van der Waals surface area contributed by atoms with E-state index in [1.54, 1.807) is 24.3 Å². The number of para-hydroxylation sites is 2. The molecule has 136 valence electrons. The first kappa shape index (κ1) is 17.9. The number of benzene rings is 2. The van der Waals surface area contributed by atoms with E-state index in [0.29, 0.717) is 5.75 Å². The quantitative estimate of drug-likeness (QED) is 0.888. The molecule has 6 nitrogen and oxygen atoms in total. The minimum Gasteiger partial charge on any atom is -0.410 e. The highest BCUT2D eigenvalue weighted by Gasteiger charge is 2.40. The average Bonchev–Trinajstić information content (AvgIpc) is 3.01. The lowest BCUT2D eigenvalue weighted by atomic mass is 10.1. The highest BCUT2D eigenvalue weighted by Crippen LogP contribution is 2.24. The van der Waals surface area contributed by atoms with Gasteiger partial charge in [0.25, 0.3) is 0 Å². The lowest BCUT2D eigenvalue weighted by molar-refractivity contribution is -0.119. The molecule has 0 unspecified atom stereocenters.